The van der Waals surface area contributed by atoms with Crippen LogP contribution in [0.15, 0.2) is 58.7 Å². The van der Waals surface area contributed by atoms with Crippen molar-refractivity contribution in [2.24, 2.45) is 0 Å². The lowest BCUT2D eigenvalue weighted by Crippen LogP contribution is -2.25. The van der Waals surface area contributed by atoms with Gasteiger partial charge in [-0.3, -0.25) is 19.0 Å². The van der Waals surface area contributed by atoms with Crippen LogP contribution in [-0.2, 0) is 11.3 Å². The zero-order chi connectivity index (χ0) is 19.4. The molecule has 3 rings (SSSR count). The molecule has 2 N–H and O–H groups in total. The molecule has 0 spiro atoms. The number of rotatable bonds is 5. The molecule has 0 radical (unpaired) electrons. The first-order valence-electron chi connectivity index (χ1n) is 8.36. The van der Waals surface area contributed by atoms with E-state index < -0.39 is 0 Å². The summed E-state index contributed by atoms with van der Waals surface area (Å²) in [5.41, 5.74) is 3.25. The van der Waals surface area contributed by atoms with Crippen LogP contribution < -0.4 is 15.5 Å². The van der Waals surface area contributed by atoms with Gasteiger partial charge in [-0.2, -0.15) is 0 Å². The highest BCUT2D eigenvalue weighted by molar-refractivity contribution is 7.07. The average molecular weight is 381 g/mol. The third-order valence-corrected chi connectivity index (χ3v) is 5.05. The van der Waals surface area contributed by atoms with Gasteiger partial charge in [0.1, 0.15) is 6.54 Å². The second kappa shape index (κ2) is 8.01. The fraction of sp³-hybridized carbons (Fsp3) is 0.150. The number of hydrogen-bond donors (Lipinski definition) is 2. The maximum Gasteiger partial charge on any atom is 0.307 e. The van der Waals surface area contributed by atoms with Gasteiger partial charge in [-0.25, -0.2) is 0 Å². The Hall–Kier alpha value is -3.19. The highest BCUT2D eigenvalue weighted by Gasteiger charge is 2.13. The number of anilines is 2. The molecule has 0 unspecified atom stereocenters. The van der Waals surface area contributed by atoms with Gasteiger partial charge in [-0.1, -0.05) is 35.6 Å². The molecule has 7 heteroatoms. The van der Waals surface area contributed by atoms with Crippen LogP contribution in [0.25, 0.3) is 0 Å². The Morgan fingerprint density at radius 2 is 1.63 bits per heavy atom. The Balaban J connectivity index is 1.74. The van der Waals surface area contributed by atoms with E-state index in [0.717, 1.165) is 22.6 Å². The second-order valence-electron chi connectivity index (χ2n) is 6.08. The molecule has 0 saturated heterocycles. The number of aromatic nitrogens is 1. The minimum atomic E-state index is -0.298. The van der Waals surface area contributed by atoms with Crippen molar-refractivity contribution in [3.8, 4) is 0 Å². The number of nitrogens with one attached hydrogen (secondary N) is 2. The van der Waals surface area contributed by atoms with Crippen molar-refractivity contribution in [1.29, 1.82) is 0 Å². The third kappa shape index (κ3) is 4.32. The van der Waals surface area contributed by atoms with Crippen LogP contribution in [0.5, 0.6) is 0 Å². The number of amides is 2. The van der Waals surface area contributed by atoms with Gasteiger partial charge >= 0.3 is 4.87 Å². The van der Waals surface area contributed by atoms with Gasteiger partial charge in [0, 0.05) is 28.0 Å². The number of aryl methyl sites for hydroxylation is 1. The molecule has 138 valence electrons. The van der Waals surface area contributed by atoms with E-state index in [1.807, 2.05) is 13.0 Å². The Morgan fingerprint density at radius 1 is 0.963 bits per heavy atom. The first-order chi connectivity index (χ1) is 13.0. The van der Waals surface area contributed by atoms with Crippen molar-refractivity contribution in [2.75, 3.05) is 10.6 Å². The highest BCUT2D eigenvalue weighted by atomic mass is 32.1. The number of benzene rings is 2. The Morgan fingerprint density at radius 3 is 2.26 bits per heavy atom. The SMILES string of the molecule is Cc1c(NC(=O)Cn2c(C)csc2=O)cccc1NC(=O)c1ccccc1. The van der Waals surface area contributed by atoms with Crippen LogP contribution in [-0.4, -0.2) is 16.4 Å². The summed E-state index contributed by atoms with van der Waals surface area (Å²) in [5.74, 6) is -0.518. The molecule has 1 aromatic heterocycles. The summed E-state index contributed by atoms with van der Waals surface area (Å²) in [6.45, 7) is 3.56. The molecule has 1 heterocycles. The molecule has 3 aromatic rings. The summed E-state index contributed by atoms with van der Waals surface area (Å²) in [6.07, 6.45) is 0. The molecule has 0 aliphatic rings. The van der Waals surface area contributed by atoms with Crippen molar-refractivity contribution < 1.29 is 9.59 Å². The van der Waals surface area contributed by atoms with Gasteiger partial charge in [0.05, 0.1) is 0 Å². The normalized spacial score (nSPS) is 10.4. The quantitative estimate of drug-likeness (QED) is 0.711. The van der Waals surface area contributed by atoms with E-state index in [-0.39, 0.29) is 23.2 Å². The van der Waals surface area contributed by atoms with Gasteiger partial charge in [-0.15, -0.1) is 0 Å². The van der Waals surface area contributed by atoms with Crippen LogP contribution in [0, 0.1) is 13.8 Å². The summed E-state index contributed by atoms with van der Waals surface area (Å²) in [7, 11) is 0. The summed E-state index contributed by atoms with van der Waals surface area (Å²) < 4.78 is 1.43. The third-order valence-electron chi connectivity index (χ3n) is 4.17. The summed E-state index contributed by atoms with van der Waals surface area (Å²) in [5, 5.41) is 7.39. The fourth-order valence-electron chi connectivity index (χ4n) is 2.62. The summed E-state index contributed by atoms with van der Waals surface area (Å²) in [6, 6.07) is 14.2. The topological polar surface area (TPSA) is 80.2 Å². The Kier molecular flexibility index (Phi) is 5.52. The smallest absolute Gasteiger partial charge is 0.307 e. The molecular formula is C20H19N3O3S. The average Bonchev–Trinajstić information content (AvgIpc) is 2.97. The van der Waals surface area contributed by atoms with Gasteiger partial charge in [-0.05, 0) is 43.7 Å². The molecular weight excluding hydrogens is 362 g/mol. The van der Waals surface area contributed by atoms with E-state index in [1.165, 1.54) is 4.57 Å². The maximum atomic E-state index is 12.4. The van der Waals surface area contributed by atoms with E-state index in [1.54, 1.807) is 54.8 Å². The van der Waals surface area contributed by atoms with Gasteiger partial charge in [0.15, 0.2) is 0 Å². The molecule has 0 aliphatic heterocycles. The maximum absolute atomic E-state index is 12.4. The van der Waals surface area contributed by atoms with E-state index in [2.05, 4.69) is 10.6 Å². The largest absolute Gasteiger partial charge is 0.324 e. The van der Waals surface area contributed by atoms with Gasteiger partial charge in [0.2, 0.25) is 5.91 Å². The minimum Gasteiger partial charge on any atom is -0.324 e. The van der Waals surface area contributed by atoms with Crippen molar-refractivity contribution in [3.63, 3.8) is 0 Å². The molecule has 2 aromatic carbocycles. The molecule has 27 heavy (non-hydrogen) atoms. The van der Waals surface area contributed by atoms with E-state index in [9.17, 15) is 14.4 Å². The fourth-order valence-corrected chi connectivity index (χ4v) is 3.35. The molecule has 6 nitrogen and oxygen atoms in total. The standard InChI is InChI=1S/C20H19N3O3S/c1-13-12-27-20(26)23(13)11-18(24)21-16-9-6-10-17(14(16)2)22-19(25)15-7-4-3-5-8-15/h3-10,12H,11H2,1-2H3,(H,21,24)(H,22,25). The lowest BCUT2D eigenvalue weighted by Gasteiger charge is -2.14. The number of carbonyl (C=O) groups is 2. The summed E-state index contributed by atoms with van der Waals surface area (Å²) in [4.78, 5) is 36.3. The summed E-state index contributed by atoms with van der Waals surface area (Å²) >= 11 is 1.07. The molecule has 0 bridgehead atoms. The molecule has 2 amide bonds. The first kappa shape index (κ1) is 18.6. The van der Waals surface area contributed by atoms with Crippen molar-refractivity contribution in [1.82, 2.24) is 4.57 Å². The number of carbonyl (C=O) groups excluding carboxylic acids is 2. The zero-order valence-electron chi connectivity index (χ0n) is 15.0. The highest BCUT2D eigenvalue weighted by Crippen LogP contribution is 2.24. The molecule has 0 aliphatic carbocycles. The molecule has 0 atom stereocenters. The minimum absolute atomic E-state index is 0.0474. The van der Waals surface area contributed by atoms with Crippen LogP contribution >= 0.6 is 11.3 Å². The van der Waals surface area contributed by atoms with Gasteiger partial charge in [0.25, 0.3) is 5.91 Å². The first-order valence-corrected chi connectivity index (χ1v) is 9.24. The number of thiazole rings is 1. The van der Waals surface area contributed by atoms with Crippen molar-refractivity contribution in [3.05, 3.63) is 80.4 Å². The van der Waals surface area contributed by atoms with Crippen molar-refractivity contribution >= 4 is 34.5 Å². The van der Waals surface area contributed by atoms with Gasteiger partial charge < -0.3 is 10.6 Å². The van der Waals surface area contributed by atoms with E-state index in [4.69, 9.17) is 0 Å². The number of hydrogen-bond acceptors (Lipinski definition) is 4. The van der Waals surface area contributed by atoms with E-state index >= 15 is 0 Å². The molecule has 0 saturated carbocycles. The number of nitrogens with zero attached hydrogens (tertiary/aromatic N) is 1. The van der Waals surface area contributed by atoms with Crippen LogP contribution in [0.3, 0.4) is 0 Å². The van der Waals surface area contributed by atoms with Crippen LogP contribution in [0.4, 0.5) is 11.4 Å². The Labute approximate surface area is 160 Å². The zero-order valence-corrected chi connectivity index (χ0v) is 15.8. The van der Waals surface area contributed by atoms with Crippen molar-refractivity contribution in [2.45, 2.75) is 20.4 Å². The van der Waals surface area contributed by atoms with E-state index in [0.29, 0.717) is 16.9 Å². The lowest BCUT2D eigenvalue weighted by atomic mass is 10.1. The second-order valence-corrected chi connectivity index (χ2v) is 6.90. The van der Waals surface area contributed by atoms with Crippen LogP contribution in [0.2, 0.25) is 0 Å². The lowest BCUT2D eigenvalue weighted by molar-refractivity contribution is -0.116. The Bertz CT molecular complexity index is 1040. The molecule has 0 fully saturated rings. The predicted octanol–water partition coefficient (Wildman–Crippen LogP) is 3.42. The monoisotopic (exact) mass is 381 g/mol. The van der Waals surface area contributed by atoms with Crippen LogP contribution in [0.1, 0.15) is 21.6 Å². The predicted molar refractivity (Wildman–Crippen MR) is 108 cm³/mol.